The van der Waals surface area contributed by atoms with E-state index in [-0.39, 0.29) is 6.54 Å². The van der Waals surface area contributed by atoms with Crippen LogP contribution in [0.4, 0.5) is 13.2 Å². The average molecular weight is 289 g/mol. The second-order valence-corrected chi connectivity index (χ2v) is 6.82. The molecule has 1 heterocycles. The van der Waals surface area contributed by atoms with Crippen molar-refractivity contribution < 1.29 is 21.6 Å². The zero-order valence-corrected chi connectivity index (χ0v) is 11.6. The number of piperazine rings is 1. The summed E-state index contributed by atoms with van der Waals surface area (Å²) >= 11 is 0. The molecule has 0 aromatic heterocycles. The summed E-state index contributed by atoms with van der Waals surface area (Å²) in [5, 5.41) is 0. The highest BCUT2D eigenvalue weighted by molar-refractivity contribution is 7.86. The molecule has 0 N–H and O–H groups in total. The Balaban J connectivity index is 3.01. The standard InChI is InChI=1S/C9H18F3N3O2S/c1-7-5-15(18(16,17)13(2)3)6-8(14(7)4)9(10,11)12/h7-8H,5-6H2,1-4H3. The Bertz CT molecular complexity index is 396. The Kier molecular flexibility index (Phi) is 4.31. The van der Waals surface area contributed by atoms with Crippen molar-refractivity contribution in [2.24, 2.45) is 0 Å². The monoisotopic (exact) mass is 289 g/mol. The van der Waals surface area contributed by atoms with E-state index in [0.29, 0.717) is 0 Å². The number of nitrogens with zero attached hydrogens (tertiary/aromatic N) is 3. The normalized spacial score (nSPS) is 28.9. The first-order chi connectivity index (χ1) is 7.98. The quantitative estimate of drug-likeness (QED) is 0.737. The van der Waals surface area contributed by atoms with Crippen molar-refractivity contribution in [1.82, 2.24) is 13.5 Å². The van der Waals surface area contributed by atoms with Crippen molar-refractivity contribution in [2.45, 2.75) is 25.2 Å². The van der Waals surface area contributed by atoms with Crippen molar-refractivity contribution in [2.75, 3.05) is 34.2 Å². The minimum absolute atomic E-state index is 0.0591. The van der Waals surface area contributed by atoms with E-state index < -0.39 is 35.0 Å². The highest BCUT2D eigenvalue weighted by Crippen LogP contribution is 2.30. The zero-order chi connectivity index (χ0) is 14.3. The Labute approximate surface area is 105 Å². The Morgan fingerprint density at radius 2 is 1.72 bits per heavy atom. The van der Waals surface area contributed by atoms with Crippen LogP contribution in [0.2, 0.25) is 0 Å². The molecule has 0 spiro atoms. The first kappa shape index (κ1) is 15.7. The van der Waals surface area contributed by atoms with Gasteiger partial charge in [0.05, 0.1) is 0 Å². The van der Waals surface area contributed by atoms with E-state index in [1.807, 2.05) is 0 Å². The van der Waals surface area contributed by atoms with Crippen LogP contribution in [-0.2, 0) is 10.2 Å². The summed E-state index contributed by atoms with van der Waals surface area (Å²) in [7, 11) is 0.167. The Morgan fingerprint density at radius 3 is 2.11 bits per heavy atom. The number of hydrogen-bond donors (Lipinski definition) is 0. The molecule has 1 fully saturated rings. The number of halogens is 3. The van der Waals surface area contributed by atoms with Gasteiger partial charge in [0.15, 0.2) is 0 Å². The van der Waals surface area contributed by atoms with Crippen LogP contribution in [0.15, 0.2) is 0 Å². The molecule has 0 bridgehead atoms. The maximum atomic E-state index is 12.9. The van der Waals surface area contributed by atoms with Crippen molar-refractivity contribution in [1.29, 1.82) is 0 Å². The molecule has 2 unspecified atom stereocenters. The van der Waals surface area contributed by atoms with E-state index in [4.69, 9.17) is 0 Å². The highest BCUT2D eigenvalue weighted by Gasteiger charge is 2.49. The maximum Gasteiger partial charge on any atom is 0.405 e. The van der Waals surface area contributed by atoms with Crippen LogP contribution in [0, 0.1) is 0 Å². The fraction of sp³-hybridized carbons (Fsp3) is 1.00. The number of likely N-dealkylation sites (N-methyl/N-ethyl adjacent to an activating group) is 1. The molecule has 0 amide bonds. The highest BCUT2D eigenvalue weighted by atomic mass is 32.2. The van der Waals surface area contributed by atoms with E-state index in [0.717, 1.165) is 8.61 Å². The van der Waals surface area contributed by atoms with E-state index in [1.165, 1.54) is 26.0 Å². The third-order valence-electron chi connectivity index (χ3n) is 3.20. The first-order valence-electron chi connectivity index (χ1n) is 5.44. The SMILES string of the molecule is CC1CN(S(=O)(=O)N(C)C)CC(C(F)(F)F)N1C. The fourth-order valence-electron chi connectivity index (χ4n) is 1.88. The molecule has 1 rings (SSSR count). The lowest BCUT2D eigenvalue weighted by Crippen LogP contribution is -2.63. The number of alkyl halides is 3. The third kappa shape index (κ3) is 2.95. The molecule has 0 aliphatic carbocycles. The molecule has 0 aromatic carbocycles. The Hall–Kier alpha value is -0.380. The lowest BCUT2D eigenvalue weighted by molar-refractivity contribution is -0.195. The van der Waals surface area contributed by atoms with Crippen LogP contribution in [0.25, 0.3) is 0 Å². The van der Waals surface area contributed by atoms with Crippen LogP contribution in [0.3, 0.4) is 0 Å². The van der Waals surface area contributed by atoms with Gasteiger partial charge in [-0.1, -0.05) is 0 Å². The lowest BCUT2D eigenvalue weighted by Gasteiger charge is -2.44. The van der Waals surface area contributed by atoms with E-state index in [2.05, 4.69) is 0 Å². The first-order valence-corrected chi connectivity index (χ1v) is 6.84. The third-order valence-corrected chi connectivity index (χ3v) is 5.07. The molecule has 1 aliphatic rings. The largest absolute Gasteiger partial charge is 0.405 e. The second-order valence-electron chi connectivity index (χ2n) is 4.68. The molecule has 0 radical (unpaired) electrons. The topological polar surface area (TPSA) is 43.9 Å². The van der Waals surface area contributed by atoms with Gasteiger partial charge in [0, 0.05) is 33.2 Å². The second kappa shape index (κ2) is 4.95. The molecular formula is C9H18F3N3O2S. The molecule has 2 atom stereocenters. The number of rotatable bonds is 2. The summed E-state index contributed by atoms with van der Waals surface area (Å²) in [6.07, 6.45) is -4.44. The maximum absolute atomic E-state index is 12.9. The average Bonchev–Trinajstić information content (AvgIpc) is 2.19. The van der Waals surface area contributed by atoms with Crippen LogP contribution in [0.5, 0.6) is 0 Å². The molecule has 1 saturated heterocycles. The van der Waals surface area contributed by atoms with Crippen molar-refractivity contribution in [3.63, 3.8) is 0 Å². The van der Waals surface area contributed by atoms with E-state index in [1.54, 1.807) is 6.92 Å². The summed E-state index contributed by atoms with van der Waals surface area (Å²) in [5.41, 5.74) is 0. The smallest absolute Gasteiger partial charge is 0.290 e. The van der Waals surface area contributed by atoms with Crippen molar-refractivity contribution in [3.05, 3.63) is 0 Å². The minimum Gasteiger partial charge on any atom is -0.290 e. The molecule has 9 heteroatoms. The predicted octanol–water partition coefficient (Wildman–Crippen LogP) is 0.360. The number of hydrogen-bond acceptors (Lipinski definition) is 3. The van der Waals surface area contributed by atoms with Gasteiger partial charge in [-0.3, -0.25) is 4.90 Å². The Morgan fingerprint density at radius 1 is 1.22 bits per heavy atom. The predicted molar refractivity (Wildman–Crippen MR) is 61.2 cm³/mol. The van der Waals surface area contributed by atoms with Gasteiger partial charge in [0.1, 0.15) is 6.04 Å². The van der Waals surface area contributed by atoms with Gasteiger partial charge < -0.3 is 0 Å². The van der Waals surface area contributed by atoms with Gasteiger partial charge in [-0.25, -0.2) is 0 Å². The molecule has 1 aliphatic heterocycles. The fourth-order valence-corrected chi connectivity index (χ4v) is 3.08. The molecule has 108 valence electrons. The van der Waals surface area contributed by atoms with Gasteiger partial charge in [0.25, 0.3) is 10.2 Å². The molecular weight excluding hydrogens is 271 g/mol. The summed E-state index contributed by atoms with van der Waals surface area (Å²) in [6, 6.07) is -2.25. The van der Waals surface area contributed by atoms with Crippen LogP contribution in [-0.4, -0.2) is 74.4 Å². The van der Waals surface area contributed by atoms with E-state index >= 15 is 0 Å². The molecule has 0 saturated carbocycles. The van der Waals surface area contributed by atoms with Gasteiger partial charge in [-0.15, -0.1) is 0 Å². The lowest BCUT2D eigenvalue weighted by atomic mass is 10.1. The summed E-state index contributed by atoms with van der Waals surface area (Å²) in [6.45, 7) is 1.07. The van der Waals surface area contributed by atoms with Crippen molar-refractivity contribution in [3.8, 4) is 0 Å². The van der Waals surface area contributed by atoms with Gasteiger partial charge in [-0.2, -0.15) is 30.2 Å². The molecule has 18 heavy (non-hydrogen) atoms. The summed E-state index contributed by atoms with van der Waals surface area (Å²) in [5.74, 6) is 0. The molecule has 5 nitrogen and oxygen atoms in total. The van der Waals surface area contributed by atoms with Gasteiger partial charge >= 0.3 is 6.18 Å². The minimum atomic E-state index is -4.44. The molecule has 0 aromatic rings. The van der Waals surface area contributed by atoms with Crippen LogP contribution < -0.4 is 0 Å². The van der Waals surface area contributed by atoms with Crippen molar-refractivity contribution >= 4 is 10.2 Å². The van der Waals surface area contributed by atoms with Crippen LogP contribution in [0.1, 0.15) is 6.92 Å². The summed E-state index contributed by atoms with van der Waals surface area (Å²) in [4.78, 5) is 1.17. The van der Waals surface area contributed by atoms with Gasteiger partial charge in [-0.05, 0) is 14.0 Å². The zero-order valence-electron chi connectivity index (χ0n) is 10.8. The van der Waals surface area contributed by atoms with E-state index in [9.17, 15) is 21.6 Å². The van der Waals surface area contributed by atoms with Gasteiger partial charge in [0.2, 0.25) is 0 Å². The van der Waals surface area contributed by atoms with Crippen LogP contribution >= 0.6 is 0 Å². The summed E-state index contributed by atoms with van der Waals surface area (Å²) < 4.78 is 64.1.